The molecular weight excluding hydrogens is 280 g/mol. The third-order valence-corrected chi connectivity index (χ3v) is 4.53. The Morgan fingerprint density at radius 2 is 1.52 bits per heavy atom. The zero-order valence-electron chi connectivity index (χ0n) is 14.3. The molecular formula is C21H25N2+. The van der Waals surface area contributed by atoms with Crippen molar-refractivity contribution in [3.63, 3.8) is 0 Å². The molecule has 0 N–H and O–H groups in total. The summed E-state index contributed by atoms with van der Waals surface area (Å²) in [6.07, 6.45) is 0. The minimum atomic E-state index is 0.966. The Morgan fingerprint density at radius 3 is 2.22 bits per heavy atom. The van der Waals surface area contributed by atoms with Gasteiger partial charge in [-0.2, -0.15) is 4.57 Å². The van der Waals surface area contributed by atoms with Crippen LogP contribution in [0.4, 0.5) is 0 Å². The molecule has 0 atom stereocenters. The largest absolute Gasteiger partial charge is 0.294 e. The summed E-state index contributed by atoms with van der Waals surface area (Å²) in [5.74, 6) is 0. The van der Waals surface area contributed by atoms with Crippen LogP contribution < -0.4 is 4.57 Å². The Kier molecular flexibility index (Phi) is 4.73. The summed E-state index contributed by atoms with van der Waals surface area (Å²) in [6, 6.07) is 21.7. The number of benzene rings is 2. The van der Waals surface area contributed by atoms with Gasteiger partial charge < -0.3 is 0 Å². The molecule has 3 rings (SSSR count). The number of pyridine rings is 1. The van der Waals surface area contributed by atoms with E-state index in [1.54, 1.807) is 0 Å². The number of hydrogen-bond donors (Lipinski definition) is 0. The van der Waals surface area contributed by atoms with Crippen LogP contribution in [-0.4, -0.2) is 18.0 Å². The van der Waals surface area contributed by atoms with E-state index in [-0.39, 0.29) is 0 Å². The summed E-state index contributed by atoms with van der Waals surface area (Å²) >= 11 is 0. The summed E-state index contributed by atoms with van der Waals surface area (Å²) in [5, 5.41) is 1.32. The van der Waals surface area contributed by atoms with Gasteiger partial charge >= 0.3 is 0 Å². The van der Waals surface area contributed by atoms with E-state index in [4.69, 9.17) is 0 Å². The van der Waals surface area contributed by atoms with Crippen molar-refractivity contribution >= 4 is 10.9 Å². The summed E-state index contributed by atoms with van der Waals surface area (Å²) in [6.45, 7) is 9.76. The zero-order valence-corrected chi connectivity index (χ0v) is 14.3. The Morgan fingerprint density at radius 1 is 0.870 bits per heavy atom. The first-order valence-electron chi connectivity index (χ1n) is 8.45. The lowest BCUT2D eigenvalue weighted by Crippen LogP contribution is -2.40. The fourth-order valence-corrected chi connectivity index (χ4v) is 3.22. The van der Waals surface area contributed by atoms with Crippen LogP contribution in [0.3, 0.4) is 0 Å². The van der Waals surface area contributed by atoms with Crippen molar-refractivity contribution in [1.29, 1.82) is 0 Å². The van der Waals surface area contributed by atoms with Gasteiger partial charge in [-0.15, -0.1) is 0 Å². The fraction of sp³-hybridized carbons (Fsp3) is 0.286. The molecule has 0 aliphatic rings. The highest BCUT2D eigenvalue weighted by Gasteiger charge is 2.21. The summed E-state index contributed by atoms with van der Waals surface area (Å²) < 4.78 is 2.40. The van der Waals surface area contributed by atoms with Gasteiger partial charge in [-0.1, -0.05) is 44.2 Å². The number of aromatic nitrogens is 1. The average molecular weight is 305 g/mol. The van der Waals surface area contributed by atoms with Crippen molar-refractivity contribution in [2.45, 2.75) is 27.3 Å². The molecule has 1 aromatic heterocycles. The van der Waals surface area contributed by atoms with E-state index in [0.29, 0.717) is 0 Å². The van der Waals surface area contributed by atoms with Crippen LogP contribution in [0.2, 0.25) is 0 Å². The lowest BCUT2D eigenvalue weighted by Gasteiger charge is -2.18. The molecule has 2 heteroatoms. The second kappa shape index (κ2) is 6.93. The number of fused-ring (bicyclic) bond motifs is 1. The molecule has 23 heavy (non-hydrogen) atoms. The highest BCUT2D eigenvalue weighted by molar-refractivity contribution is 5.79. The van der Waals surface area contributed by atoms with Gasteiger partial charge in [0.15, 0.2) is 0 Å². The molecule has 0 amide bonds. The first-order chi connectivity index (χ1) is 11.2. The Labute approximate surface area is 139 Å². The topological polar surface area (TPSA) is 7.12 Å². The normalized spacial score (nSPS) is 11.3. The maximum Gasteiger partial charge on any atom is 0.218 e. The molecule has 2 nitrogen and oxygen atoms in total. The maximum absolute atomic E-state index is 2.46. The van der Waals surface area contributed by atoms with E-state index in [1.165, 1.54) is 27.8 Å². The zero-order chi connectivity index (χ0) is 16.2. The number of hydrogen-bond acceptors (Lipinski definition) is 1. The van der Waals surface area contributed by atoms with Gasteiger partial charge in [0.1, 0.15) is 0 Å². The van der Waals surface area contributed by atoms with Crippen LogP contribution in [0, 0.1) is 6.92 Å². The van der Waals surface area contributed by atoms with Crippen molar-refractivity contribution in [3.8, 4) is 5.69 Å². The first-order valence-corrected chi connectivity index (χ1v) is 8.45. The third kappa shape index (κ3) is 3.13. The molecule has 0 fully saturated rings. The van der Waals surface area contributed by atoms with Crippen LogP contribution >= 0.6 is 0 Å². The van der Waals surface area contributed by atoms with Crippen LogP contribution in [0.25, 0.3) is 16.6 Å². The Balaban J connectivity index is 2.26. The molecule has 0 aliphatic carbocycles. The third-order valence-electron chi connectivity index (χ3n) is 4.53. The van der Waals surface area contributed by atoms with Gasteiger partial charge in [0.2, 0.25) is 16.9 Å². The quantitative estimate of drug-likeness (QED) is 0.639. The van der Waals surface area contributed by atoms with Gasteiger partial charge in [-0.25, -0.2) is 0 Å². The second-order valence-electron chi connectivity index (χ2n) is 5.97. The number of rotatable bonds is 5. The molecule has 0 aliphatic heterocycles. The maximum atomic E-state index is 2.46. The smallest absolute Gasteiger partial charge is 0.218 e. The van der Waals surface area contributed by atoms with Crippen LogP contribution in [0.1, 0.15) is 25.1 Å². The lowest BCUT2D eigenvalue weighted by molar-refractivity contribution is -0.577. The average Bonchev–Trinajstić information content (AvgIpc) is 2.60. The van der Waals surface area contributed by atoms with Gasteiger partial charge in [0, 0.05) is 29.7 Å². The van der Waals surface area contributed by atoms with E-state index in [2.05, 4.69) is 90.9 Å². The van der Waals surface area contributed by atoms with E-state index in [1.807, 2.05) is 0 Å². The van der Waals surface area contributed by atoms with Gasteiger partial charge in [0.05, 0.1) is 6.54 Å². The minimum Gasteiger partial charge on any atom is -0.294 e. The van der Waals surface area contributed by atoms with E-state index < -0.39 is 0 Å². The molecule has 0 spiro atoms. The molecule has 0 unspecified atom stereocenters. The van der Waals surface area contributed by atoms with Crippen LogP contribution in [-0.2, 0) is 6.54 Å². The number of nitrogens with zero attached hydrogens (tertiary/aromatic N) is 2. The predicted octanol–water partition coefficient (Wildman–Crippen LogP) is 4.27. The molecule has 1 heterocycles. The predicted molar refractivity (Wildman–Crippen MR) is 96.8 cm³/mol. The number of para-hydroxylation sites is 2. The Hall–Kier alpha value is -2.19. The molecule has 0 saturated heterocycles. The Bertz CT molecular complexity index is 790. The molecule has 0 radical (unpaired) electrons. The summed E-state index contributed by atoms with van der Waals surface area (Å²) in [5.41, 5.74) is 5.19. The monoisotopic (exact) mass is 305 g/mol. The van der Waals surface area contributed by atoms with Crippen molar-refractivity contribution in [1.82, 2.24) is 4.90 Å². The molecule has 0 saturated carbocycles. The van der Waals surface area contributed by atoms with Gasteiger partial charge in [0.25, 0.3) is 0 Å². The standard InChI is InChI=1S/C21H25N2/c1-4-22(5-2)16-19-15-17(3)20-13-9-10-14-21(20)23(19)18-11-7-6-8-12-18/h6-15H,4-5,16H2,1-3H3/q+1. The molecule has 0 bridgehead atoms. The minimum absolute atomic E-state index is 0.966. The van der Waals surface area contributed by atoms with Gasteiger partial charge in [-0.3, -0.25) is 4.90 Å². The molecule has 3 aromatic rings. The van der Waals surface area contributed by atoms with E-state index >= 15 is 0 Å². The fourth-order valence-electron chi connectivity index (χ4n) is 3.22. The van der Waals surface area contributed by atoms with Crippen molar-refractivity contribution in [2.24, 2.45) is 0 Å². The highest BCUT2D eigenvalue weighted by Crippen LogP contribution is 2.19. The van der Waals surface area contributed by atoms with Crippen LogP contribution in [0.15, 0.2) is 60.7 Å². The summed E-state index contributed by atoms with van der Waals surface area (Å²) in [7, 11) is 0. The SMILES string of the molecule is CCN(CC)Cc1cc(C)c2ccccc2[n+]1-c1ccccc1. The van der Waals surface area contributed by atoms with Crippen molar-refractivity contribution in [3.05, 3.63) is 71.9 Å². The lowest BCUT2D eigenvalue weighted by atomic mass is 10.1. The van der Waals surface area contributed by atoms with E-state index in [9.17, 15) is 0 Å². The van der Waals surface area contributed by atoms with Crippen molar-refractivity contribution < 1.29 is 4.57 Å². The van der Waals surface area contributed by atoms with Crippen molar-refractivity contribution in [2.75, 3.05) is 13.1 Å². The molecule has 2 aromatic carbocycles. The summed E-state index contributed by atoms with van der Waals surface area (Å²) in [4.78, 5) is 2.46. The van der Waals surface area contributed by atoms with Gasteiger partial charge in [-0.05, 0) is 31.6 Å². The van der Waals surface area contributed by atoms with E-state index in [0.717, 1.165) is 19.6 Å². The number of aryl methyl sites for hydroxylation is 1. The van der Waals surface area contributed by atoms with Crippen LogP contribution in [0.5, 0.6) is 0 Å². The second-order valence-corrected chi connectivity index (χ2v) is 5.97. The molecule has 118 valence electrons. The first kappa shape index (κ1) is 15.7. The highest BCUT2D eigenvalue weighted by atomic mass is 15.1.